The summed E-state index contributed by atoms with van der Waals surface area (Å²) < 4.78 is 7.19. The monoisotopic (exact) mass is 553 g/mol. The van der Waals surface area contributed by atoms with Gasteiger partial charge in [-0.3, -0.25) is 4.90 Å². The van der Waals surface area contributed by atoms with Crippen LogP contribution >= 0.6 is 24.0 Å². The van der Waals surface area contributed by atoms with Crippen LogP contribution in [0.1, 0.15) is 42.9 Å². The number of benzene rings is 1. The molecule has 2 N–H and O–H groups in total. The molecular formula is C23H36IN7O. The SMILES string of the molecule is COCCNC(=NCc1nnc(C)n1C)NC1CC2CCC(C1)N2Cc1ccccc1.I. The molecule has 1 aromatic carbocycles. The predicted molar refractivity (Wildman–Crippen MR) is 137 cm³/mol. The molecule has 8 nitrogen and oxygen atoms in total. The minimum Gasteiger partial charge on any atom is -0.383 e. The third-order valence-electron chi connectivity index (χ3n) is 6.59. The Morgan fingerprint density at radius 2 is 1.88 bits per heavy atom. The first-order valence-electron chi connectivity index (χ1n) is 11.3. The smallest absolute Gasteiger partial charge is 0.192 e. The minimum atomic E-state index is 0. The first kappa shape index (κ1) is 24.9. The summed E-state index contributed by atoms with van der Waals surface area (Å²) in [6.45, 7) is 4.88. The molecule has 0 spiro atoms. The number of guanidine groups is 1. The highest BCUT2D eigenvalue weighted by molar-refractivity contribution is 14.0. The molecule has 2 saturated heterocycles. The van der Waals surface area contributed by atoms with Crippen molar-refractivity contribution in [2.75, 3.05) is 20.3 Å². The third-order valence-corrected chi connectivity index (χ3v) is 6.59. The fraction of sp³-hybridized carbons (Fsp3) is 0.609. The van der Waals surface area contributed by atoms with Gasteiger partial charge in [-0.15, -0.1) is 34.2 Å². The fourth-order valence-corrected chi connectivity index (χ4v) is 4.80. The molecule has 0 amide bonds. The number of ether oxygens (including phenoxy) is 1. The number of methoxy groups -OCH3 is 1. The summed E-state index contributed by atoms with van der Waals surface area (Å²) in [6, 6.07) is 12.5. The summed E-state index contributed by atoms with van der Waals surface area (Å²) >= 11 is 0. The lowest BCUT2D eigenvalue weighted by Crippen LogP contribution is -2.52. The number of rotatable bonds is 8. The summed E-state index contributed by atoms with van der Waals surface area (Å²) in [7, 11) is 3.69. The van der Waals surface area contributed by atoms with Crippen molar-refractivity contribution in [1.82, 2.24) is 30.3 Å². The lowest BCUT2D eigenvalue weighted by atomic mass is 9.96. The van der Waals surface area contributed by atoms with Crippen LogP contribution in [0.15, 0.2) is 35.3 Å². The van der Waals surface area contributed by atoms with E-state index >= 15 is 0 Å². The van der Waals surface area contributed by atoms with Crippen LogP contribution in [0.25, 0.3) is 0 Å². The molecule has 0 aliphatic carbocycles. The van der Waals surface area contributed by atoms with E-state index < -0.39 is 0 Å². The van der Waals surface area contributed by atoms with Gasteiger partial charge in [0.2, 0.25) is 0 Å². The third kappa shape index (κ3) is 6.20. The minimum absolute atomic E-state index is 0. The molecule has 2 aliphatic rings. The van der Waals surface area contributed by atoms with E-state index in [9.17, 15) is 0 Å². The Hall–Kier alpha value is -1.72. The van der Waals surface area contributed by atoms with E-state index in [0.717, 1.165) is 43.5 Å². The molecule has 2 bridgehead atoms. The van der Waals surface area contributed by atoms with Crippen molar-refractivity contribution in [3.8, 4) is 0 Å². The van der Waals surface area contributed by atoms with Gasteiger partial charge in [-0.05, 0) is 38.2 Å². The van der Waals surface area contributed by atoms with Gasteiger partial charge in [-0.25, -0.2) is 4.99 Å². The molecule has 4 rings (SSSR count). The van der Waals surface area contributed by atoms with Gasteiger partial charge in [0.15, 0.2) is 11.8 Å². The first-order valence-corrected chi connectivity index (χ1v) is 11.3. The number of hydrogen-bond acceptors (Lipinski definition) is 5. The quantitative estimate of drug-likeness (QED) is 0.227. The highest BCUT2D eigenvalue weighted by Crippen LogP contribution is 2.36. The molecule has 2 fully saturated rings. The lowest BCUT2D eigenvalue weighted by Gasteiger charge is -2.39. The van der Waals surface area contributed by atoms with Crippen LogP contribution in [-0.2, 0) is 24.9 Å². The van der Waals surface area contributed by atoms with Crippen molar-refractivity contribution < 1.29 is 4.74 Å². The van der Waals surface area contributed by atoms with Crippen molar-refractivity contribution in [2.24, 2.45) is 12.0 Å². The van der Waals surface area contributed by atoms with Crippen LogP contribution in [0.3, 0.4) is 0 Å². The molecule has 3 heterocycles. The molecule has 2 aliphatic heterocycles. The lowest BCUT2D eigenvalue weighted by molar-refractivity contribution is 0.114. The average Bonchev–Trinajstić information content (AvgIpc) is 3.21. The van der Waals surface area contributed by atoms with E-state index in [2.05, 4.69) is 56.1 Å². The topological polar surface area (TPSA) is 79.6 Å². The number of aliphatic imine (C=N–C) groups is 1. The molecule has 0 saturated carbocycles. The molecule has 2 unspecified atom stereocenters. The van der Waals surface area contributed by atoms with Crippen LogP contribution in [-0.4, -0.2) is 64.0 Å². The van der Waals surface area contributed by atoms with Crippen molar-refractivity contribution in [2.45, 2.75) is 63.8 Å². The average molecular weight is 553 g/mol. The van der Waals surface area contributed by atoms with E-state index in [4.69, 9.17) is 9.73 Å². The van der Waals surface area contributed by atoms with Gasteiger partial charge in [0.05, 0.1) is 6.61 Å². The van der Waals surface area contributed by atoms with Crippen LogP contribution in [0.5, 0.6) is 0 Å². The number of aromatic nitrogens is 3. The van der Waals surface area contributed by atoms with E-state index in [1.54, 1.807) is 7.11 Å². The Morgan fingerprint density at radius 3 is 2.50 bits per heavy atom. The van der Waals surface area contributed by atoms with Gasteiger partial charge in [-0.1, -0.05) is 30.3 Å². The van der Waals surface area contributed by atoms with Gasteiger partial charge in [0.1, 0.15) is 12.4 Å². The predicted octanol–water partition coefficient (Wildman–Crippen LogP) is 2.62. The van der Waals surface area contributed by atoms with E-state index in [0.29, 0.717) is 31.3 Å². The van der Waals surface area contributed by atoms with Crippen LogP contribution in [0.4, 0.5) is 0 Å². The van der Waals surface area contributed by atoms with Crippen molar-refractivity contribution in [3.05, 3.63) is 47.5 Å². The summed E-state index contributed by atoms with van der Waals surface area (Å²) in [5.41, 5.74) is 1.41. The Balaban J connectivity index is 0.00000289. The molecule has 0 radical (unpaired) electrons. The molecule has 2 atom stereocenters. The molecule has 176 valence electrons. The van der Waals surface area contributed by atoms with Crippen molar-refractivity contribution >= 4 is 29.9 Å². The molecule has 2 aromatic rings. The zero-order chi connectivity index (χ0) is 21.6. The Bertz CT molecular complexity index is 858. The van der Waals surface area contributed by atoms with Gasteiger partial charge in [0, 0.05) is 45.4 Å². The van der Waals surface area contributed by atoms with Gasteiger partial charge < -0.3 is 19.9 Å². The molecule has 32 heavy (non-hydrogen) atoms. The number of halogens is 1. The van der Waals surface area contributed by atoms with E-state index in [1.165, 1.54) is 18.4 Å². The summed E-state index contributed by atoms with van der Waals surface area (Å²) in [6.07, 6.45) is 4.88. The second-order valence-corrected chi connectivity index (χ2v) is 8.66. The van der Waals surface area contributed by atoms with Crippen LogP contribution < -0.4 is 10.6 Å². The maximum atomic E-state index is 5.20. The Kier molecular flexibility index (Phi) is 9.30. The normalized spacial score (nSPS) is 23.1. The number of piperidine rings is 1. The highest BCUT2D eigenvalue weighted by atomic mass is 127. The number of hydrogen-bond donors (Lipinski definition) is 2. The zero-order valence-corrected chi connectivity index (χ0v) is 21.7. The van der Waals surface area contributed by atoms with Crippen molar-refractivity contribution in [1.29, 1.82) is 0 Å². The molecule has 9 heteroatoms. The van der Waals surface area contributed by atoms with Gasteiger partial charge >= 0.3 is 0 Å². The molecule has 1 aromatic heterocycles. The number of fused-ring (bicyclic) bond motifs is 2. The molecular weight excluding hydrogens is 517 g/mol. The summed E-state index contributed by atoms with van der Waals surface area (Å²) in [4.78, 5) is 7.51. The van der Waals surface area contributed by atoms with E-state index in [-0.39, 0.29) is 24.0 Å². The summed E-state index contributed by atoms with van der Waals surface area (Å²) in [5, 5.41) is 15.5. The number of aryl methyl sites for hydroxylation is 1. The Labute approximate surface area is 208 Å². The van der Waals surface area contributed by atoms with Crippen molar-refractivity contribution in [3.63, 3.8) is 0 Å². The Morgan fingerprint density at radius 1 is 1.16 bits per heavy atom. The maximum Gasteiger partial charge on any atom is 0.192 e. The number of nitrogens with one attached hydrogen (secondary N) is 2. The highest BCUT2D eigenvalue weighted by Gasteiger charge is 2.40. The zero-order valence-electron chi connectivity index (χ0n) is 19.3. The van der Waals surface area contributed by atoms with Crippen LogP contribution in [0, 0.1) is 6.92 Å². The van der Waals surface area contributed by atoms with Gasteiger partial charge in [-0.2, -0.15) is 0 Å². The van der Waals surface area contributed by atoms with Crippen LogP contribution in [0.2, 0.25) is 0 Å². The fourth-order valence-electron chi connectivity index (χ4n) is 4.80. The van der Waals surface area contributed by atoms with E-state index in [1.807, 2.05) is 18.5 Å². The standard InChI is InChI=1S/C23H35N7O.HI/c1-17-27-28-22(29(17)2)15-25-23(24-11-12-31-3)26-19-13-20-9-10-21(14-19)30(20)16-18-7-5-4-6-8-18;/h4-8,19-21H,9-16H2,1-3H3,(H2,24,25,26);1H. The summed E-state index contributed by atoms with van der Waals surface area (Å²) in [5.74, 6) is 2.59. The number of nitrogens with zero attached hydrogens (tertiary/aromatic N) is 5. The largest absolute Gasteiger partial charge is 0.383 e. The first-order chi connectivity index (χ1) is 15.1. The van der Waals surface area contributed by atoms with Gasteiger partial charge in [0.25, 0.3) is 0 Å². The second kappa shape index (κ2) is 11.9. The maximum absolute atomic E-state index is 5.20. The second-order valence-electron chi connectivity index (χ2n) is 8.66.